The Labute approximate surface area is 107 Å². The third-order valence-electron chi connectivity index (χ3n) is 2.33. The SMILES string of the molecule is CC(=O)CC(=O)COc1ccc(CC(C)N)cc1. The lowest BCUT2D eigenvalue weighted by atomic mass is 10.1. The first-order chi connectivity index (χ1) is 8.47. The van der Waals surface area contributed by atoms with Crippen molar-refractivity contribution in [2.24, 2.45) is 5.73 Å². The fourth-order valence-electron chi connectivity index (χ4n) is 1.59. The molecule has 0 aliphatic heterocycles. The lowest BCUT2D eigenvalue weighted by molar-refractivity contribution is -0.127. The molecule has 98 valence electrons. The zero-order chi connectivity index (χ0) is 13.5. The van der Waals surface area contributed by atoms with Crippen LogP contribution in [0, 0.1) is 0 Å². The van der Waals surface area contributed by atoms with Crippen molar-refractivity contribution in [2.45, 2.75) is 32.7 Å². The number of ketones is 2. The monoisotopic (exact) mass is 249 g/mol. The maximum absolute atomic E-state index is 11.3. The highest BCUT2D eigenvalue weighted by molar-refractivity contribution is 5.98. The van der Waals surface area contributed by atoms with E-state index >= 15 is 0 Å². The summed E-state index contributed by atoms with van der Waals surface area (Å²) in [6, 6.07) is 7.58. The molecule has 1 rings (SSSR count). The molecule has 0 radical (unpaired) electrons. The van der Waals surface area contributed by atoms with Crippen molar-refractivity contribution >= 4 is 11.6 Å². The van der Waals surface area contributed by atoms with Crippen LogP contribution in [0.1, 0.15) is 25.8 Å². The van der Waals surface area contributed by atoms with Gasteiger partial charge in [0, 0.05) is 6.04 Å². The van der Waals surface area contributed by atoms with Gasteiger partial charge in [-0.2, -0.15) is 0 Å². The molecular formula is C14H19NO3. The molecule has 0 bridgehead atoms. The molecule has 1 aromatic carbocycles. The van der Waals surface area contributed by atoms with Gasteiger partial charge in [-0.15, -0.1) is 0 Å². The molecule has 4 nitrogen and oxygen atoms in total. The molecule has 0 aliphatic rings. The summed E-state index contributed by atoms with van der Waals surface area (Å²) in [6.07, 6.45) is 0.742. The van der Waals surface area contributed by atoms with Crippen molar-refractivity contribution in [1.82, 2.24) is 0 Å². The van der Waals surface area contributed by atoms with Crippen LogP contribution >= 0.6 is 0 Å². The first-order valence-corrected chi connectivity index (χ1v) is 5.96. The quantitative estimate of drug-likeness (QED) is 0.743. The summed E-state index contributed by atoms with van der Waals surface area (Å²) in [7, 11) is 0. The summed E-state index contributed by atoms with van der Waals surface area (Å²) < 4.78 is 5.30. The minimum Gasteiger partial charge on any atom is -0.486 e. The predicted molar refractivity (Wildman–Crippen MR) is 69.6 cm³/mol. The Morgan fingerprint density at radius 2 is 1.89 bits per heavy atom. The molecule has 0 spiro atoms. The van der Waals surface area contributed by atoms with Gasteiger partial charge in [-0.05, 0) is 38.0 Å². The number of hydrogen-bond donors (Lipinski definition) is 1. The largest absolute Gasteiger partial charge is 0.486 e. The Balaban J connectivity index is 2.44. The summed E-state index contributed by atoms with van der Waals surface area (Å²) in [5, 5.41) is 0. The fraction of sp³-hybridized carbons (Fsp3) is 0.429. The topological polar surface area (TPSA) is 69.4 Å². The molecule has 0 heterocycles. The molecule has 0 saturated heterocycles. The highest BCUT2D eigenvalue weighted by Gasteiger charge is 2.06. The zero-order valence-electron chi connectivity index (χ0n) is 10.8. The highest BCUT2D eigenvalue weighted by atomic mass is 16.5. The summed E-state index contributed by atoms with van der Waals surface area (Å²) in [5.41, 5.74) is 6.83. The van der Waals surface area contributed by atoms with E-state index in [9.17, 15) is 9.59 Å². The van der Waals surface area contributed by atoms with E-state index in [1.54, 1.807) is 12.1 Å². The third kappa shape index (κ3) is 5.59. The number of ether oxygens (including phenoxy) is 1. The Morgan fingerprint density at radius 1 is 1.28 bits per heavy atom. The summed E-state index contributed by atoms with van der Waals surface area (Å²) in [5.74, 6) is 0.276. The fourth-order valence-corrected chi connectivity index (χ4v) is 1.59. The number of benzene rings is 1. The molecule has 0 saturated carbocycles. The van der Waals surface area contributed by atoms with Gasteiger partial charge >= 0.3 is 0 Å². The van der Waals surface area contributed by atoms with Gasteiger partial charge in [0.1, 0.15) is 18.1 Å². The molecule has 0 aromatic heterocycles. The molecule has 4 heteroatoms. The lowest BCUT2D eigenvalue weighted by Crippen LogP contribution is -2.17. The van der Waals surface area contributed by atoms with Gasteiger partial charge in [0.25, 0.3) is 0 Å². The van der Waals surface area contributed by atoms with E-state index in [4.69, 9.17) is 10.5 Å². The van der Waals surface area contributed by atoms with Gasteiger partial charge in [-0.25, -0.2) is 0 Å². The minimum absolute atomic E-state index is 0.0633. The summed E-state index contributed by atoms with van der Waals surface area (Å²) in [6.45, 7) is 3.28. The second-order valence-electron chi connectivity index (χ2n) is 4.53. The van der Waals surface area contributed by atoms with Crippen LogP contribution in [0.3, 0.4) is 0 Å². The van der Waals surface area contributed by atoms with Gasteiger partial charge in [0.2, 0.25) is 0 Å². The molecule has 1 unspecified atom stereocenters. The zero-order valence-corrected chi connectivity index (χ0v) is 10.8. The van der Waals surface area contributed by atoms with E-state index in [-0.39, 0.29) is 30.6 Å². The molecule has 0 amide bonds. The normalized spacial score (nSPS) is 11.9. The molecule has 1 aromatic rings. The average molecular weight is 249 g/mol. The van der Waals surface area contributed by atoms with Gasteiger partial charge in [0.05, 0.1) is 6.42 Å². The highest BCUT2D eigenvalue weighted by Crippen LogP contribution is 2.13. The number of hydrogen-bond acceptors (Lipinski definition) is 4. The van der Waals surface area contributed by atoms with Gasteiger partial charge in [0.15, 0.2) is 5.78 Å². The van der Waals surface area contributed by atoms with Gasteiger partial charge in [-0.1, -0.05) is 12.1 Å². The Morgan fingerprint density at radius 3 is 2.39 bits per heavy atom. The van der Waals surface area contributed by atoms with Crippen molar-refractivity contribution in [3.63, 3.8) is 0 Å². The molecule has 18 heavy (non-hydrogen) atoms. The van der Waals surface area contributed by atoms with Crippen LogP contribution in [0.25, 0.3) is 0 Å². The number of rotatable bonds is 7. The molecular weight excluding hydrogens is 230 g/mol. The molecule has 0 aliphatic carbocycles. The van der Waals surface area contributed by atoms with Crippen molar-refractivity contribution in [2.75, 3.05) is 6.61 Å². The number of Topliss-reactive ketones (excluding diaryl/α,β-unsaturated/α-hetero) is 2. The smallest absolute Gasteiger partial charge is 0.177 e. The summed E-state index contributed by atoms with van der Waals surface area (Å²) in [4.78, 5) is 22.0. The number of nitrogens with two attached hydrogens (primary N) is 1. The minimum atomic E-state index is -0.206. The van der Waals surface area contributed by atoms with Gasteiger partial charge < -0.3 is 10.5 Å². The maximum Gasteiger partial charge on any atom is 0.177 e. The second-order valence-corrected chi connectivity index (χ2v) is 4.53. The van der Waals surface area contributed by atoms with Gasteiger partial charge in [-0.3, -0.25) is 9.59 Å². The van der Waals surface area contributed by atoms with E-state index in [1.807, 2.05) is 19.1 Å². The molecule has 2 N–H and O–H groups in total. The Bertz CT molecular complexity index is 410. The average Bonchev–Trinajstić information content (AvgIpc) is 2.26. The van der Waals surface area contributed by atoms with Crippen LogP contribution in [-0.2, 0) is 16.0 Å². The van der Waals surface area contributed by atoms with E-state index in [2.05, 4.69) is 0 Å². The van der Waals surface area contributed by atoms with E-state index in [1.165, 1.54) is 6.92 Å². The maximum atomic E-state index is 11.3. The Kier molecular flexibility index (Phi) is 5.52. The standard InChI is InChI=1S/C14H19NO3/c1-10(15)7-12-3-5-14(6-4-12)18-9-13(17)8-11(2)16/h3-6,10H,7-9,15H2,1-2H3. The van der Waals surface area contributed by atoms with Crippen LogP contribution in [0.5, 0.6) is 5.75 Å². The lowest BCUT2D eigenvalue weighted by Gasteiger charge is -2.07. The van der Waals surface area contributed by atoms with Crippen LogP contribution in [0.15, 0.2) is 24.3 Å². The summed E-state index contributed by atoms with van der Waals surface area (Å²) >= 11 is 0. The van der Waals surface area contributed by atoms with Crippen LogP contribution < -0.4 is 10.5 Å². The second kappa shape index (κ2) is 6.91. The van der Waals surface area contributed by atoms with Crippen molar-refractivity contribution in [1.29, 1.82) is 0 Å². The van der Waals surface area contributed by atoms with E-state index in [0.717, 1.165) is 12.0 Å². The van der Waals surface area contributed by atoms with Crippen molar-refractivity contribution in [3.8, 4) is 5.75 Å². The third-order valence-corrected chi connectivity index (χ3v) is 2.33. The number of carbonyl (C=O) groups excluding carboxylic acids is 2. The van der Waals surface area contributed by atoms with Crippen LogP contribution in [-0.4, -0.2) is 24.2 Å². The first kappa shape index (κ1) is 14.4. The first-order valence-electron chi connectivity index (χ1n) is 5.96. The molecule has 0 fully saturated rings. The Hall–Kier alpha value is -1.68. The molecule has 1 atom stereocenters. The van der Waals surface area contributed by atoms with E-state index < -0.39 is 0 Å². The van der Waals surface area contributed by atoms with Crippen molar-refractivity contribution in [3.05, 3.63) is 29.8 Å². The van der Waals surface area contributed by atoms with E-state index in [0.29, 0.717) is 5.75 Å². The van der Waals surface area contributed by atoms with Crippen LogP contribution in [0.2, 0.25) is 0 Å². The van der Waals surface area contributed by atoms with Crippen molar-refractivity contribution < 1.29 is 14.3 Å². The predicted octanol–water partition coefficient (Wildman–Crippen LogP) is 1.50. The van der Waals surface area contributed by atoms with Crippen LogP contribution in [0.4, 0.5) is 0 Å². The number of carbonyl (C=O) groups is 2.